The third-order valence-corrected chi connectivity index (χ3v) is 6.45. The number of anilines is 1. The number of fused-ring (bicyclic) bond motifs is 2. The molecule has 1 heterocycles. The van der Waals surface area contributed by atoms with Gasteiger partial charge in [-0.2, -0.15) is 0 Å². The van der Waals surface area contributed by atoms with E-state index in [1.165, 1.54) is 21.8 Å². The summed E-state index contributed by atoms with van der Waals surface area (Å²) in [6.45, 7) is 3.84. The quantitative estimate of drug-likeness (QED) is 0.619. The summed E-state index contributed by atoms with van der Waals surface area (Å²) in [4.78, 5) is 27.0. The standard InChI is InChI=1S/C23H23NO3S/c1-14-10-11-20-17(12-14)13-21(28-20)23(26)27-15(2)22(25)24-19-9-5-7-16-6-3-4-8-18(16)19/h3-9,13-15H,10-12H2,1-2H3,(H,24,25)/t14-,15-/m1/s1. The van der Waals surface area contributed by atoms with Crippen LogP contribution in [0.15, 0.2) is 48.5 Å². The summed E-state index contributed by atoms with van der Waals surface area (Å²) in [6.07, 6.45) is 2.32. The second-order valence-electron chi connectivity index (χ2n) is 7.47. The van der Waals surface area contributed by atoms with Crippen molar-refractivity contribution >= 4 is 39.7 Å². The first kappa shape index (κ1) is 18.7. The lowest BCUT2D eigenvalue weighted by Gasteiger charge is -2.16. The highest BCUT2D eigenvalue weighted by Gasteiger charge is 2.24. The van der Waals surface area contributed by atoms with Gasteiger partial charge in [-0.3, -0.25) is 4.79 Å². The number of amides is 1. The lowest BCUT2D eigenvalue weighted by Crippen LogP contribution is -2.29. The first-order valence-electron chi connectivity index (χ1n) is 9.62. The SMILES string of the molecule is C[C@@H]1CCc2sc(C(=O)O[C@H](C)C(=O)Nc3cccc4ccccc34)cc2C1. The number of carbonyl (C=O) groups excluding carboxylic acids is 2. The van der Waals surface area contributed by atoms with Crippen molar-refractivity contribution in [1.82, 2.24) is 0 Å². The summed E-state index contributed by atoms with van der Waals surface area (Å²) in [6, 6.07) is 15.5. The zero-order chi connectivity index (χ0) is 19.7. The molecular weight excluding hydrogens is 370 g/mol. The van der Waals surface area contributed by atoms with Gasteiger partial charge in [0.05, 0.1) is 0 Å². The van der Waals surface area contributed by atoms with Crippen LogP contribution in [-0.4, -0.2) is 18.0 Å². The van der Waals surface area contributed by atoms with E-state index < -0.39 is 12.1 Å². The average Bonchev–Trinajstić information content (AvgIpc) is 3.11. The molecule has 0 saturated carbocycles. The van der Waals surface area contributed by atoms with Crippen LogP contribution >= 0.6 is 11.3 Å². The summed E-state index contributed by atoms with van der Waals surface area (Å²) >= 11 is 1.50. The van der Waals surface area contributed by atoms with Gasteiger partial charge in [0.25, 0.3) is 5.91 Å². The number of hydrogen-bond acceptors (Lipinski definition) is 4. The van der Waals surface area contributed by atoms with Crippen LogP contribution < -0.4 is 5.32 Å². The molecule has 0 bridgehead atoms. The van der Waals surface area contributed by atoms with Crippen molar-refractivity contribution in [2.24, 2.45) is 5.92 Å². The number of esters is 1. The van der Waals surface area contributed by atoms with E-state index in [-0.39, 0.29) is 5.91 Å². The maximum Gasteiger partial charge on any atom is 0.349 e. The van der Waals surface area contributed by atoms with Crippen molar-refractivity contribution in [2.75, 3.05) is 5.32 Å². The molecule has 4 rings (SSSR count). The number of carbonyl (C=O) groups is 2. The molecule has 5 heteroatoms. The van der Waals surface area contributed by atoms with Gasteiger partial charge in [-0.25, -0.2) is 4.79 Å². The fraction of sp³-hybridized carbons (Fsp3) is 0.304. The smallest absolute Gasteiger partial charge is 0.349 e. The second kappa shape index (κ2) is 7.76. The molecule has 1 N–H and O–H groups in total. The maximum atomic E-state index is 12.6. The molecule has 0 spiro atoms. The molecule has 2 atom stereocenters. The highest BCUT2D eigenvalue weighted by molar-refractivity contribution is 7.14. The summed E-state index contributed by atoms with van der Waals surface area (Å²) in [5, 5.41) is 4.88. The van der Waals surface area contributed by atoms with Crippen LogP contribution in [0.1, 0.15) is 40.4 Å². The number of benzene rings is 2. The van der Waals surface area contributed by atoms with Crippen molar-refractivity contribution < 1.29 is 14.3 Å². The third-order valence-electron chi connectivity index (χ3n) is 5.23. The molecule has 0 radical (unpaired) electrons. The second-order valence-corrected chi connectivity index (χ2v) is 8.61. The summed E-state index contributed by atoms with van der Waals surface area (Å²) in [5.41, 5.74) is 1.97. The van der Waals surface area contributed by atoms with Gasteiger partial charge >= 0.3 is 5.97 Å². The van der Waals surface area contributed by atoms with E-state index in [9.17, 15) is 9.59 Å². The lowest BCUT2D eigenvalue weighted by molar-refractivity contribution is -0.123. The topological polar surface area (TPSA) is 55.4 Å². The van der Waals surface area contributed by atoms with E-state index in [2.05, 4.69) is 12.2 Å². The number of rotatable bonds is 4. The molecular formula is C23H23NO3S. The molecule has 1 amide bonds. The van der Waals surface area contributed by atoms with Crippen LogP contribution in [0.4, 0.5) is 5.69 Å². The molecule has 144 valence electrons. The third kappa shape index (κ3) is 3.80. The zero-order valence-electron chi connectivity index (χ0n) is 16.0. The number of nitrogens with one attached hydrogen (secondary N) is 1. The Balaban J connectivity index is 1.44. The normalized spacial score (nSPS) is 17.0. The molecule has 0 aliphatic heterocycles. The van der Waals surface area contributed by atoms with Gasteiger partial charge in [0.15, 0.2) is 6.10 Å². The number of hydrogen-bond donors (Lipinski definition) is 1. The van der Waals surface area contributed by atoms with Crippen LogP contribution in [0.25, 0.3) is 10.8 Å². The van der Waals surface area contributed by atoms with Crippen LogP contribution in [0.2, 0.25) is 0 Å². The molecule has 0 unspecified atom stereocenters. The largest absolute Gasteiger partial charge is 0.448 e. The van der Waals surface area contributed by atoms with E-state index in [4.69, 9.17) is 4.74 Å². The summed E-state index contributed by atoms with van der Waals surface area (Å²) in [7, 11) is 0. The average molecular weight is 394 g/mol. The fourth-order valence-corrected chi connectivity index (χ4v) is 4.74. The maximum absolute atomic E-state index is 12.6. The lowest BCUT2D eigenvalue weighted by atomic mass is 9.90. The van der Waals surface area contributed by atoms with E-state index in [1.807, 2.05) is 48.5 Å². The minimum absolute atomic E-state index is 0.334. The van der Waals surface area contributed by atoms with Crippen molar-refractivity contribution in [3.05, 3.63) is 63.8 Å². The van der Waals surface area contributed by atoms with E-state index in [0.717, 1.165) is 30.0 Å². The highest BCUT2D eigenvalue weighted by atomic mass is 32.1. The van der Waals surface area contributed by atoms with Gasteiger partial charge in [0.2, 0.25) is 0 Å². The first-order chi connectivity index (χ1) is 13.5. The molecule has 1 aromatic heterocycles. The van der Waals surface area contributed by atoms with Crippen molar-refractivity contribution in [3.8, 4) is 0 Å². The van der Waals surface area contributed by atoms with Gasteiger partial charge in [0.1, 0.15) is 4.88 Å². The number of thiophene rings is 1. The molecule has 1 aliphatic carbocycles. The Bertz CT molecular complexity index is 1030. The van der Waals surface area contributed by atoms with Gasteiger partial charge in [-0.15, -0.1) is 11.3 Å². The van der Waals surface area contributed by atoms with Crippen molar-refractivity contribution in [1.29, 1.82) is 0 Å². The first-order valence-corrected chi connectivity index (χ1v) is 10.4. The minimum Gasteiger partial charge on any atom is -0.448 e. The van der Waals surface area contributed by atoms with Crippen LogP contribution in [0, 0.1) is 5.92 Å². The molecule has 0 fully saturated rings. The zero-order valence-corrected chi connectivity index (χ0v) is 16.8. The molecule has 2 aromatic carbocycles. The summed E-state index contributed by atoms with van der Waals surface area (Å²) < 4.78 is 5.45. The van der Waals surface area contributed by atoms with Crippen LogP contribution in [0.5, 0.6) is 0 Å². The molecule has 0 saturated heterocycles. The van der Waals surface area contributed by atoms with Crippen molar-refractivity contribution in [3.63, 3.8) is 0 Å². The molecule has 3 aromatic rings. The Morgan fingerprint density at radius 2 is 1.96 bits per heavy atom. The highest BCUT2D eigenvalue weighted by Crippen LogP contribution is 2.32. The Morgan fingerprint density at radius 3 is 2.82 bits per heavy atom. The van der Waals surface area contributed by atoms with Gasteiger partial charge in [-0.05, 0) is 55.2 Å². The predicted octanol–water partition coefficient (Wildman–Crippen LogP) is 5.21. The fourth-order valence-electron chi connectivity index (χ4n) is 3.65. The van der Waals surface area contributed by atoms with Gasteiger partial charge < -0.3 is 10.1 Å². The molecule has 1 aliphatic rings. The summed E-state index contributed by atoms with van der Waals surface area (Å²) in [5.74, 6) is -0.108. The predicted molar refractivity (Wildman–Crippen MR) is 113 cm³/mol. The Hall–Kier alpha value is -2.66. The number of ether oxygens (including phenoxy) is 1. The van der Waals surface area contributed by atoms with Gasteiger partial charge in [0, 0.05) is 16.0 Å². The number of aryl methyl sites for hydroxylation is 1. The monoisotopic (exact) mass is 393 g/mol. The minimum atomic E-state index is -0.871. The Kier molecular flexibility index (Phi) is 5.18. The van der Waals surface area contributed by atoms with Crippen LogP contribution in [-0.2, 0) is 22.4 Å². The van der Waals surface area contributed by atoms with E-state index in [1.54, 1.807) is 6.92 Å². The molecule has 28 heavy (non-hydrogen) atoms. The van der Waals surface area contributed by atoms with E-state index >= 15 is 0 Å². The van der Waals surface area contributed by atoms with Crippen molar-refractivity contribution in [2.45, 2.75) is 39.2 Å². The van der Waals surface area contributed by atoms with Gasteiger partial charge in [-0.1, -0.05) is 43.3 Å². The molecule has 4 nitrogen and oxygen atoms in total. The Morgan fingerprint density at radius 1 is 1.18 bits per heavy atom. The Labute approximate surface area is 168 Å². The van der Waals surface area contributed by atoms with Crippen LogP contribution in [0.3, 0.4) is 0 Å². The van der Waals surface area contributed by atoms with E-state index in [0.29, 0.717) is 16.5 Å².